The maximum atomic E-state index is 12.8. The summed E-state index contributed by atoms with van der Waals surface area (Å²) >= 11 is 0. The van der Waals surface area contributed by atoms with Crippen molar-refractivity contribution in [1.29, 1.82) is 0 Å². The molecule has 1 heterocycles. The van der Waals surface area contributed by atoms with Gasteiger partial charge in [-0.15, -0.1) is 0 Å². The van der Waals surface area contributed by atoms with Gasteiger partial charge >= 0.3 is 0 Å². The highest BCUT2D eigenvalue weighted by atomic mass is 16.1. The second kappa shape index (κ2) is 9.17. The summed E-state index contributed by atoms with van der Waals surface area (Å²) in [7, 11) is 0. The Labute approximate surface area is 183 Å². The van der Waals surface area contributed by atoms with Crippen molar-refractivity contribution < 1.29 is 4.79 Å². The number of para-hydroxylation sites is 3. The van der Waals surface area contributed by atoms with Gasteiger partial charge < -0.3 is 9.88 Å². The lowest BCUT2D eigenvalue weighted by Crippen LogP contribution is -2.21. The predicted octanol–water partition coefficient (Wildman–Crippen LogP) is 6.03. The summed E-state index contributed by atoms with van der Waals surface area (Å²) < 4.78 is 2.04. The Morgan fingerprint density at radius 1 is 0.903 bits per heavy atom. The molecule has 4 nitrogen and oxygen atoms in total. The monoisotopic (exact) mass is 411 g/mol. The van der Waals surface area contributed by atoms with E-state index in [0.29, 0.717) is 5.92 Å². The largest absolute Gasteiger partial charge is 0.325 e. The maximum Gasteiger partial charge on any atom is 0.244 e. The van der Waals surface area contributed by atoms with Gasteiger partial charge in [0.2, 0.25) is 5.91 Å². The van der Waals surface area contributed by atoms with Gasteiger partial charge in [0.1, 0.15) is 12.4 Å². The zero-order chi connectivity index (χ0) is 21.8. The second-order valence-corrected chi connectivity index (χ2v) is 8.52. The molecule has 0 aliphatic carbocycles. The maximum absolute atomic E-state index is 12.8. The van der Waals surface area contributed by atoms with E-state index in [1.54, 1.807) is 0 Å². The number of amides is 1. The quantitative estimate of drug-likeness (QED) is 0.404. The standard InChI is InChI=1S/C27H29N3O/c1-19(2)17-21-13-15-22(16-14-21)20(3)27-29-24-11-7-8-12-25(24)30(27)18-26(31)28-23-9-5-4-6-10-23/h4-16,19-20H,17-18H2,1-3H3,(H,28,31). The molecular weight excluding hydrogens is 382 g/mol. The number of fused-ring (bicyclic) bond motifs is 1. The fourth-order valence-corrected chi connectivity index (χ4v) is 4.02. The molecule has 0 spiro atoms. The molecule has 0 saturated heterocycles. The van der Waals surface area contributed by atoms with Gasteiger partial charge in [-0.1, -0.05) is 75.4 Å². The number of benzene rings is 3. The molecule has 0 radical (unpaired) electrons. The normalized spacial score (nSPS) is 12.3. The minimum absolute atomic E-state index is 0.0601. The smallest absolute Gasteiger partial charge is 0.244 e. The van der Waals surface area contributed by atoms with Gasteiger partial charge in [-0.2, -0.15) is 0 Å². The number of nitrogens with zero attached hydrogens (tertiary/aromatic N) is 2. The third-order valence-corrected chi connectivity index (χ3v) is 5.55. The van der Waals surface area contributed by atoms with Crippen LogP contribution in [0.25, 0.3) is 11.0 Å². The van der Waals surface area contributed by atoms with Crippen molar-refractivity contribution in [3.8, 4) is 0 Å². The molecule has 0 aliphatic rings. The zero-order valence-corrected chi connectivity index (χ0v) is 18.4. The molecule has 4 aromatic rings. The van der Waals surface area contributed by atoms with Crippen LogP contribution < -0.4 is 5.32 Å². The summed E-state index contributed by atoms with van der Waals surface area (Å²) in [6, 6.07) is 26.4. The molecule has 0 aliphatic heterocycles. The number of hydrogen-bond acceptors (Lipinski definition) is 2. The minimum atomic E-state index is -0.0601. The average molecular weight is 412 g/mol. The number of anilines is 1. The minimum Gasteiger partial charge on any atom is -0.325 e. The van der Waals surface area contributed by atoms with Gasteiger partial charge in [-0.05, 0) is 47.7 Å². The van der Waals surface area contributed by atoms with E-state index in [9.17, 15) is 4.79 Å². The highest BCUT2D eigenvalue weighted by Gasteiger charge is 2.20. The van der Waals surface area contributed by atoms with Crippen molar-refractivity contribution in [3.05, 3.63) is 95.8 Å². The molecule has 1 aromatic heterocycles. The third kappa shape index (κ3) is 4.85. The number of hydrogen-bond donors (Lipinski definition) is 1. The van der Waals surface area contributed by atoms with Gasteiger partial charge in [0.05, 0.1) is 11.0 Å². The molecule has 1 amide bonds. The Morgan fingerprint density at radius 2 is 1.58 bits per heavy atom. The number of carbonyl (C=O) groups excluding carboxylic acids is 1. The molecule has 158 valence electrons. The third-order valence-electron chi connectivity index (χ3n) is 5.55. The number of rotatable bonds is 7. The molecule has 0 saturated carbocycles. The van der Waals surface area contributed by atoms with Crippen molar-refractivity contribution in [3.63, 3.8) is 0 Å². The van der Waals surface area contributed by atoms with Crippen LogP contribution in [0.3, 0.4) is 0 Å². The highest BCUT2D eigenvalue weighted by molar-refractivity contribution is 5.91. The lowest BCUT2D eigenvalue weighted by Gasteiger charge is -2.16. The second-order valence-electron chi connectivity index (χ2n) is 8.52. The molecule has 4 heteroatoms. The van der Waals surface area contributed by atoms with E-state index in [4.69, 9.17) is 4.98 Å². The van der Waals surface area contributed by atoms with Crippen LogP contribution in [0.4, 0.5) is 5.69 Å². The van der Waals surface area contributed by atoms with E-state index in [0.717, 1.165) is 29.0 Å². The molecule has 0 bridgehead atoms. The molecule has 0 fully saturated rings. The Kier molecular flexibility index (Phi) is 6.17. The van der Waals surface area contributed by atoms with Crippen molar-refractivity contribution >= 4 is 22.6 Å². The SMILES string of the molecule is CC(C)Cc1ccc(C(C)c2nc3ccccc3n2CC(=O)Nc2ccccc2)cc1. The van der Waals surface area contributed by atoms with Crippen LogP contribution in [0.5, 0.6) is 0 Å². The van der Waals surface area contributed by atoms with Crippen LogP contribution in [0, 0.1) is 5.92 Å². The van der Waals surface area contributed by atoms with E-state index in [2.05, 4.69) is 50.4 Å². The van der Waals surface area contributed by atoms with Crippen LogP contribution in [-0.4, -0.2) is 15.5 Å². The van der Waals surface area contributed by atoms with Crippen LogP contribution in [0.1, 0.15) is 43.6 Å². The van der Waals surface area contributed by atoms with Gasteiger partial charge in [0, 0.05) is 11.6 Å². The number of imidazole rings is 1. The molecule has 1 atom stereocenters. The van der Waals surface area contributed by atoms with E-state index < -0.39 is 0 Å². The number of carbonyl (C=O) groups is 1. The van der Waals surface area contributed by atoms with Crippen LogP contribution in [0.2, 0.25) is 0 Å². The van der Waals surface area contributed by atoms with Crippen molar-refractivity contribution in [2.75, 3.05) is 5.32 Å². The van der Waals surface area contributed by atoms with E-state index in [1.165, 1.54) is 11.1 Å². The van der Waals surface area contributed by atoms with Gasteiger partial charge in [0.15, 0.2) is 0 Å². The molecule has 31 heavy (non-hydrogen) atoms. The molecular formula is C27H29N3O. The average Bonchev–Trinajstić information content (AvgIpc) is 3.12. The van der Waals surface area contributed by atoms with Gasteiger partial charge in [-0.25, -0.2) is 4.98 Å². The Balaban J connectivity index is 1.63. The van der Waals surface area contributed by atoms with E-state index >= 15 is 0 Å². The number of nitrogens with one attached hydrogen (secondary N) is 1. The summed E-state index contributed by atoms with van der Waals surface area (Å²) in [4.78, 5) is 17.7. The van der Waals surface area contributed by atoms with Crippen molar-refractivity contribution in [2.24, 2.45) is 5.92 Å². The zero-order valence-electron chi connectivity index (χ0n) is 18.4. The van der Waals surface area contributed by atoms with Crippen LogP contribution in [-0.2, 0) is 17.8 Å². The molecule has 3 aromatic carbocycles. The summed E-state index contributed by atoms with van der Waals surface area (Å²) in [6.07, 6.45) is 1.08. The molecule has 1 N–H and O–H groups in total. The Hall–Kier alpha value is -3.40. The predicted molar refractivity (Wildman–Crippen MR) is 127 cm³/mol. The topological polar surface area (TPSA) is 46.9 Å². The fraction of sp³-hybridized carbons (Fsp3) is 0.259. The summed E-state index contributed by atoms with van der Waals surface area (Å²) in [6.45, 7) is 6.85. The van der Waals surface area contributed by atoms with E-state index in [1.807, 2.05) is 59.2 Å². The Morgan fingerprint density at radius 3 is 2.29 bits per heavy atom. The first-order valence-electron chi connectivity index (χ1n) is 10.9. The first-order valence-corrected chi connectivity index (χ1v) is 10.9. The summed E-state index contributed by atoms with van der Waals surface area (Å²) in [5.41, 5.74) is 5.23. The van der Waals surface area contributed by atoms with E-state index in [-0.39, 0.29) is 18.4 Å². The molecule has 4 rings (SSSR count). The first-order chi connectivity index (χ1) is 15.0. The summed E-state index contributed by atoms with van der Waals surface area (Å²) in [5.74, 6) is 1.55. The van der Waals surface area contributed by atoms with Gasteiger partial charge in [-0.3, -0.25) is 4.79 Å². The van der Waals surface area contributed by atoms with Crippen molar-refractivity contribution in [1.82, 2.24) is 9.55 Å². The van der Waals surface area contributed by atoms with Crippen LogP contribution >= 0.6 is 0 Å². The van der Waals surface area contributed by atoms with Crippen molar-refractivity contribution in [2.45, 2.75) is 39.7 Å². The first kappa shape index (κ1) is 20.9. The lowest BCUT2D eigenvalue weighted by atomic mass is 9.96. The summed E-state index contributed by atoms with van der Waals surface area (Å²) in [5, 5.41) is 2.99. The molecule has 1 unspecified atom stereocenters. The lowest BCUT2D eigenvalue weighted by molar-refractivity contribution is -0.116. The Bertz CT molecular complexity index is 1160. The van der Waals surface area contributed by atoms with Gasteiger partial charge in [0.25, 0.3) is 0 Å². The number of aromatic nitrogens is 2. The van der Waals surface area contributed by atoms with Crippen LogP contribution in [0.15, 0.2) is 78.9 Å². The highest BCUT2D eigenvalue weighted by Crippen LogP contribution is 2.28. The fourth-order valence-electron chi connectivity index (χ4n) is 4.02.